The first-order valence-corrected chi connectivity index (χ1v) is 7.66. The Morgan fingerprint density at radius 1 is 1.21 bits per heavy atom. The van der Waals surface area contributed by atoms with Gasteiger partial charge in [0.2, 0.25) is 0 Å². The summed E-state index contributed by atoms with van der Waals surface area (Å²) in [7, 11) is 0. The molecule has 0 saturated heterocycles. The lowest BCUT2D eigenvalue weighted by molar-refractivity contribution is 0.576. The van der Waals surface area contributed by atoms with E-state index in [1.807, 2.05) is 6.92 Å². The predicted molar refractivity (Wildman–Crippen MR) is 89.2 cm³/mol. The van der Waals surface area contributed by atoms with Crippen LogP contribution in [0.25, 0.3) is 16.6 Å². The van der Waals surface area contributed by atoms with E-state index in [9.17, 15) is 13.6 Å². The van der Waals surface area contributed by atoms with E-state index in [2.05, 4.69) is 4.98 Å². The van der Waals surface area contributed by atoms with Crippen LogP contribution in [-0.4, -0.2) is 9.55 Å². The van der Waals surface area contributed by atoms with Crippen molar-refractivity contribution in [2.75, 3.05) is 0 Å². The van der Waals surface area contributed by atoms with Crippen molar-refractivity contribution < 1.29 is 8.78 Å². The zero-order valence-corrected chi connectivity index (χ0v) is 13.4. The maximum Gasteiger partial charge on any atom is 0.266 e. The molecule has 0 fully saturated rings. The van der Waals surface area contributed by atoms with Gasteiger partial charge in [-0.25, -0.2) is 13.8 Å². The molecule has 3 rings (SSSR count). The van der Waals surface area contributed by atoms with Gasteiger partial charge < -0.3 is 5.73 Å². The minimum atomic E-state index is -0.766. The third kappa shape index (κ3) is 2.69. The van der Waals surface area contributed by atoms with Crippen LogP contribution in [0.5, 0.6) is 0 Å². The standard InChI is InChI=1S/C18H17F2N3O/c1-3-14(21)17-22-15-6-4-5-10(2)16(15)18(24)23(17)13-8-11(19)7-12(20)9-13/h4-9,14H,3,21H2,1-2H3/t14-/m0/s1. The molecule has 0 radical (unpaired) electrons. The average Bonchev–Trinajstić information content (AvgIpc) is 2.52. The molecule has 0 unspecified atom stereocenters. The Morgan fingerprint density at radius 2 is 1.88 bits per heavy atom. The molecule has 0 aliphatic heterocycles. The van der Waals surface area contributed by atoms with Crippen LogP contribution in [0.15, 0.2) is 41.2 Å². The van der Waals surface area contributed by atoms with E-state index in [4.69, 9.17) is 5.73 Å². The molecule has 0 saturated carbocycles. The fourth-order valence-electron chi connectivity index (χ4n) is 2.76. The molecule has 1 heterocycles. The molecule has 0 aliphatic carbocycles. The number of hydrogen-bond donors (Lipinski definition) is 1. The van der Waals surface area contributed by atoms with E-state index in [1.54, 1.807) is 25.1 Å². The van der Waals surface area contributed by atoms with Gasteiger partial charge in [0.25, 0.3) is 5.56 Å². The second-order valence-electron chi connectivity index (χ2n) is 5.72. The van der Waals surface area contributed by atoms with Gasteiger partial charge in [-0.1, -0.05) is 19.1 Å². The molecule has 1 atom stereocenters. The van der Waals surface area contributed by atoms with Crippen LogP contribution in [-0.2, 0) is 0 Å². The number of benzene rings is 2. The Bertz CT molecular complexity index is 962. The summed E-state index contributed by atoms with van der Waals surface area (Å²) in [4.78, 5) is 17.5. The van der Waals surface area contributed by atoms with Gasteiger partial charge in [-0.05, 0) is 37.1 Å². The fraction of sp³-hybridized carbons (Fsp3) is 0.222. The summed E-state index contributed by atoms with van der Waals surface area (Å²) in [5.41, 5.74) is 7.05. The van der Waals surface area contributed by atoms with Gasteiger partial charge in [0, 0.05) is 6.07 Å². The quantitative estimate of drug-likeness (QED) is 0.801. The maximum atomic E-state index is 13.6. The molecular formula is C18H17F2N3O. The second-order valence-corrected chi connectivity index (χ2v) is 5.72. The van der Waals surface area contributed by atoms with Crippen molar-refractivity contribution in [1.82, 2.24) is 9.55 Å². The zero-order valence-electron chi connectivity index (χ0n) is 13.4. The van der Waals surface area contributed by atoms with Crippen LogP contribution in [0.2, 0.25) is 0 Å². The van der Waals surface area contributed by atoms with E-state index >= 15 is 0 Å². The van der Waals surface area contributed by atoms with Crippen molar-refractivity contribution >= 4 is 10.9 Å². The Labute approximate surface area is 137 Å². The lowest BCUT2D eigenvalue weighted by atomic mass is 10.1. The van der Waals surface area contributed by atoms with Crippen LogP contribution in [0, 0.1) is 18.6 Å². The van der Waals surface area contributed by atoms with Gasteiger partial charge in [-0.2, -0.15) is 0 Å². The van der Waals surface area contributed by atoms with Crippen LogP contribution < -0.4 is 11.3 Å². The highest BCUT2D eigenvalue weighted by atomic mass is 19.1. The molecule has 0 spiro atoms. The number of aromatic nitrogens is 2. The van der Waals surface area contributed by atoms with Crippen LogP contribution in [0.1, 0.15) is 30.8 Å². The fourth-order valence-corrected chi connectivity index (χ4v) is 2.76. The van der Waals surface area contributed by atoms with Crippen LogP contribution in [0.3, 0.4) is 0 Å². The minimum absolute atomic E-state index is 0.0778. The summed E-state index contributed by atoms with van der Waals surface area (Å²) in [6.45, 7) is 3.65. The lowest BCUT2D eigenvalue weighted by Gasteiger charge is -2.18. The van der Waals surface area contributed by atoms with Crippen molar-refractivity contribution in [3.8, 4) is 5.69 Å². The van der Waals surface area contributed by atoms with E-state index in [-0.39, 0.29) is 17.1 Å². The zero-order chi connectivity index (χ0) is 17.4. The number of hydrogen-bond acceptors (Lipinski definition) is 3. The van der Waals surface area contributed by atoms with Gasteiger partial charge in [-0.15, -0.1) is 0 Å². The highest BCUT2D eigenvalue weighted by Crippen LogP contribution is 2.21. The van der Waals surface area contributed by atoms with E-state index in [1.165, 1.54) is 4.57 Å². The molecular weight excluding hydrogens is 312 g/mol. The van der Waals surface area contributed by atoms with Crippen molar-refractivity contribution in [2.24, 2.45) is 5.73 Å². The van der Waals surface area contributed by atoms with Gasteiger partial charge in [0.1, 0.15) is 17.5 Å². The Morgan fingerprint density at radius 3 is 2.50 bits per heavy atom. The predicted octanol–water partition coefficient (Wildman–Crippen LogP) is 3.38. The number of nitrogens with two attached hydrogens (primary N) is 1. The first kappa shape index (κ1) is 16.3. The first-order chi connectivity index (χ1) is 11.4. The van der Waals surface area contributed by atoms with Gasteiger partial charge >= 0.3 is 0 Å². The van der Waals surface area contributed by atoms with Crippen molar-refractivity contribution in [3.63, 3.8) is 0 Å². The first-order valence-electron chi connectivity index (χ1n) is 7.66. The van der Waals surface area contributed by atoms with E-state index < -0.39 is 17.7 Å². The molecule has 4 nitrogen and oxygen atoms in total. The molecule has 0 bridgehead atoms. The van der Waals surface area contributed by atoms with Crippen molar-refractivity contribution in [3.05, 3.63) is 69.8 Å². The lowest BCUT2D eigenvalue weighted by Crippen LogP contribution is -2.29. The molecule has 1 aromatic heterocycles. The molecule has 2 aromatic carbocycles. The summed E-state index contributed by atoms with van der Waals surface area (Å²) in [5.74, 6) is -1.25. The van der Waals surface area contributed by atoms with Gasteiger partial charge in [-0.3, -0.25) is 9.36 Å². The van der Waals surface area contributed by atoms with Crippen LogP contribution >= 0.6 is 0 Å². The number of halogens is 2. The molecule has 0 amide bonds. The molecule has 24 heavy (non-hydrogen) atoms. The summed E-state index contributed by atoms with van der Waals surface area (Å²) in [5, 5.41) is 0.411. The number of aryl methyl sites for hydroxylation is 1. The highest BCUT2D eigenvalue weighted by Gasteiger charge is 2.19. The van der Waals surface area contributed by atoms with Crippen molar-refractivity contribution in [1.29, 1.82) is 0 Å². The third-order valence-electron chi connectivity index (χ3n) is 4.01. The SMILES string of the molecule is CC[C@H](N)c1nc2cccc(C)c2c(=O)n1-c1cc(F)cc(F)c1. The summed E-state index contributed by atoms with van der Waals surface area (Å²) >= 11 is 0. The molecule has 6 heteroatoms. The average molecular weight is 329 g/mol. The normalized spacial score (nSPS) is 12.5. The Hall–Kier alpha value is -2.60. The minimum Gasteiger partial charge on any atom is -0.321 e. The molecule has 2 N–H and O–H groups in total. The number of fused-ring (bicyclic) bond motifs is 1. The molecule has 0 aliphatic rings. The Kier molecular flexibility index (Phi) is 4.15. The smallest absolute Gasteiger partial charge is 0.266 e. The largest absolute Gasteiger partial charge is 0.321 e. The maximum absolute atomic E-state index is 13.6. The van der Waals surface area contributed by atoms with Crippen LogP contribution in [0.4, 0.5) is 8.78 Å². The monoisotopic (exact) mass is 329 g/mol. The Balaban J connectivity index is 2.46. The molecule has 124 valence electrons. The van der Waals surface area contributed by atoms with E-state index in [0.29, 0.717) is 17.3 Å². The summed E-state index contributed by atoms with van der Waals surface area (Å²) in [6, 6.07) is 7.75. The van der Waals surface area contributed by atoms with Gasteiger partial charge in [0.05, 0.1) is 22.6 Å². The second kappa shape index (κ2) is 6.13. The summed E-state index contributed by atoms with van der Waals surface area (Å²) < 4.78 is 28.5. The van der Waals surface area contributed by atoms with Crippen molar-refractivity contribution in [2.45, 2.75) is 26.3 Å². The van der Waals surface area contributed by atoms with Gasteiger partial charge in [0.15, 0.2) is 0 Å². The van der Waals surface area contributed by atoms with E-state index in [0.717, 1.165) is 23.8 Å². The summed E-state index contributed by atoms with van der Waals surface area (Å²) in [6.07, 6.45) is 0.529. The molecule has 3 aromatic rings. The highest BCUT2D eigenvalue weighted by molar-refractivity contribution is 5.81. The topological polar surface area (TPSA) is 60.9 Å². The third-order valence-corrected chi connectivity index (χ3v) is 4.01. The number of rotatable bonds is 3. The number of nitrogens with zero attached hydrogens (tertiary/aromatic N) is 2.